The van der Waals surface area contributed by atoms with E-state index >= 15 is 0 Å². The van der Waals surface area contributed by atoms with E-state index in [2.05, 4.69) is 4.90 Å². The molecule has 2 aromatic carbocycles. The van der Waals surface area contributed by atoms with Gasteiger partial charge in [-0.05, 0) is 24.3 Å². The summed E-state index contributed by atoms with van der Waals surface area (Å²) in [7, 11) is 0. The summed E-state index contributed by atoms with van der Waals surface area (Å²) in [6, 6.07) is 8.97. The minimum absolute atomic E-state index is 0.0175. The number of carbonyl (C=O) groups is 1. The lowest BCUT2D eigenvalue weighted by Crippen LogP contribution is -2.32. The van der Waals surface area contributed by atoms with E-state index in [0.717, 1.165) is 36.3 Å². The summed E-state index contributed by atoms with van der Waals surface area (Å²) in [5, 5.41) is 0. The molecule has 0 bridgehead atoms. The summed E-state index contributed by atoms with van der Waals surface area (Å²) in [5.74, 6) is -0.582. The van der Waals surface area contributed by atoms with Crippen molar-refractivity contribution in [1.29, 1.82) is 0 Å². The number of benzene rings is 2. The maximum Gasteiger partial charge on any atom is 0.340 e. The van der Waals surface area contributed by atoms with Crippen molar-refractivity contribution < 1.29 is 18.3 Å². The van der Waals surface area contributed by atoms with Crippen LogP contribution in [0.1, 0.15) is 15.9 Å². The number of ether oxygens (including phenoxy) is 1. The molecule has 0 spiro atoms. The van der Waals surface area contributed by atoms with E-state index in [0.29, 0.717) is 5.69 Å². The van der Waals surface area contributed by atoms with Crippen molar-refractivity contribution in [2.75, 3.05) is 35.2 Å². The molecular weight excluding hydrogens is 346 g/mol. The summed E-state index contributed by atoms with van der Waals surface area (Å²) < 4.78 is 32.0. The molecule has 2 aromatic rings. The Morgan fingerprint density at radius 2 is 1.96 bits per heavy atom. The lowest BCUT2D eigenvalue weighted by Gasteiger charge is -2.29. The number of rotatable bonds is 4. The van der Waals surface area contributed by atoms with Gasteiger partial charge >= 0.3 is 5.97 Å². The molecule has 1 fully saturated rings. The summed E-state index contributed by atoms with van der Waals surface area (Å²) in [4.78, 5) is 14.5. The first kappa shape index (κ1) is 17.5. The number of nitrogens with zero attached hydrogens (tertiary/aromatic N) is 1. The second-order valence-corrected chi connectivity index (χ2v) is 6.88. The molecule has 1 aliphatic heterocycles. The molecule has 7 heteroatoms. The van der Waals surface area contributed by atoms with Crippen molar-refractivity contribution >= 4 is 29.1 Å². The van der Waals surface area contributed by atoms with E-state index in [1.807, 2.05) is 17.8 Å². The SMILES string of the molecule is Nc1ccc(N2CCSCC2)cc1C(=O)OCc1cccc(F)c1F. The summed E-state index contributed by atoms with van der Waals surface area (Å²) in [6.07, 6.45) is 0. The third-order valence-electron chi connectivity index (χ3n) is 4.02. The lowest BCUT2D eigenvalue weighted by molar-refractivity contribution is 0.0469. The molecule has 1 aliphatic rings. The van der Waals surface area contributed by atoms with Gasteiger partial charge in [-0.25, -0.2) is 13.6 Å². The van der Waals surface area contributed by atoms with Gasteiger partial charge in [0, 0.05) is 41.5 Å². The van der Waals surface area contributed by atoms with Gasteiger partial charge in [0.25, 0.3) is 0 Å². The molecule has 0 aliphatic carbocycles. The maximum atomic E-state index is 13.6. The quantitative estimate of drug-likeness (QED) is 0.665. The van der Waals surface area contributed by atoms with Crippen molar-refractivity contribution in [1.82, 2.24) is 0 Å². The molecule has 0 radical (unpaired) electrons. The van der Waals surface area contributed by atoms with Crippen LogP contribution in [0.4, 0.5) is 20.2 Å². The van der Waals surface area contributed by atoms with E-state index in [1.54, 1.807) is 12.1 Å². The van der Waals surface area contributed by atoms with Crippen LogP contribution in [-0.2, 0) is 11.3 Å². The number of nitrogen functional groups attached to an aromatic ring is 1. The number of nitrogens with two attached hydrogens (primary N) is 1. The molecule has 25 heavy (non-hydrogen) atoms. The summed E-state index contributed by atoms with van der Waals surface area (Å²) in [5.41, 5.74) is 7.29. The standard InChI is InChI=1S/C18H18F2N2O2S/c19-15-3-1-2-12(17(15)20)11-24-18(23)14-10-13(4-5-16(14)21)22-6-8-25-9-7-22/h1-5,10H,6-9,11,21H2. The smallest absolute Gasteiger partial charge is 0.340 e. The van der Waals surface area contributed by atoms with Crippen LogP contribution in [0, 0.1) is 11.6 Å². The first-order valence-electron chi connectivity index (χ1n) is 7.88. The van der Waals surface area contributed by atoms with E-state index in [4.69, 9.17) is 10.5 Å². The Morgan fingerprint density at radius 1 is 1.20 bits per heavy atom. The second-order valence-electron chi connectivity index (χ2n) is 5.66. The molecular formula is C18H18F2N2O2S. The third-order valence-corrected chi connectivity index (χ3v) is 4.97. The molecule has 0 atom stereocenters. The van der Waals surface area contributed by atoms with Gasteiger partial charge in [-0.2, -0.15) is 11.8 Å². The van der Waals surface area contributed by atoms with Crippen molar-refractivity contribution in [2.45, 2.75) is 6.61 Å². The average molecular weight is 364 g/mol. The van der Waals surface area contributed by atoms with Crippen molar-refractivity contribution in [3.63, 3.8) is 0 Å². The molecule has 0 amide bonds. The van der Waals surface area contributed by atoms with Crippen LogP contribution in [-0.4, -0.2) is 30.6 Å². The predicted octanol–water partition coefficient (Wildman–Crippen LogP) is 3.46. The Bertz CT molecular complexity index is 780. The molecule has 2 N–H and O–H groups in total. The number of thioether (sulfide) groups is 1. The van der Waals surface area contributed by atoms with Crippen LogP contribution in [0.25, 0.3) is 0 Å². The highest BCUT2D eigenvalue weighted by Gasteiger charge is 2.17. The van der Waals surface area contributed by atoms with Crippen LogP contribution in [0.3, 0.4) is 0 Å². The third kappa shape index (κ3) is 4.04. The second kappa shape index (κ2) is 7.74. The van der Waals surface area contributed by atoms with Crippen LogP contribution in [0.5, 0.6) is 0 Å². The minimum Gasteiger partial charge on any atom is -0.457 e. The van der Waals surface area contributed by atoms with E-state index in [-0.39, 0.29) is 17.7 Å². The number of carbonyl (C=O) groups excluding carboxylic acids is 1. The van der Waals surface area contributed by atoms with Gasteiger partial charge in [-0.3, -0.25) is 0 Å². The molecule has 4 nitrogen and oxygen atoms in total. The van der Waals surface area contributed by atoms with Crippen molar-refractivity contribution in [2.24, 2.45) is 0 Å². The van der Waals surface area contributed by atoms with Crippen LogP contribution >= 0.6 is 11.8 Å². The predicted molar refractivity (Wildman–Crippen MR) is 95.9 cm³/mol. The molecule has 3 rings (SSSR count). The minimum atomic E-state index is -1.01. The summed E-state index contributed by atoms with van der Waals surface area (Å²) in [6.45, 7) is 1.45. The monoisotopic (exact) mass is 364 g/mol. The van der Waals surface area contributed by atoms with Gasteiger partial charge in [-0.15, -0.1) is 0 Å². The molecule has 0 unspecified atom stereocenters. The first-order valence-corrected chi connectivity index (χ1v) is 9.04. The largest absolute Gasteiger partial charge is 0.457 e. The zero-order chi connectivity index (χ0) is 17.8. The first-order chi connectivity index (χ1) is 12.1. The lowest BCUT2D eigenvalue weighted by atomic mass is 10.1. The van der Waals surface area contributed by atoms with Crippen LogP contribution < -0.4 is 10.6 Å². The molecule has 1 saturated heterocycles. The topological polar surface area (TPSA) is 55.6 Å². The molecule has 0 saturated carbocycles. The van der Waals surface area contributed by atoms with Gasteiger partial charge in [0.15, 0.2) is 11.6 Å². The molecule has 1 heterocycles. The summed E-state index contributed by atoms with van der Waals surface area (Å²) >= 11 is 1.89. The van der Waals surface area contributed by atoms with Gasteiger partial charge in [0.05, 0.1) is 5.56 Å². The number of hydrogen-bond acceptors (Lipinski definition) is 5. The van der Waals surface area contributed by atoms with Gasteiger partial charge in [0.1, 0.15) is 6.61 Å². The fourth-order valence-electron chi connectivity index (χ4n) is 2.62. The van der Waals surface area contributed by atoms with E-state index < -0.39 is 17.6 Å². The van der Waals surface area contributed by atoms with E-state index in [9.17, 15) is 13.6 Å². The Morgan fingerprint density at radius 3 is 2.72 bits per heavy atom. The Hall–Kier alpha value is -2.28. The fraction of sp³-hybridized carbons (Fsp3) is 0.278. The van der Waals surface area contributed by atoms with Gasteiger partial charge in [0.2, 0.25) is 0 Å². The van der Waals surface area contributed by atoms with Crippen LogP contribution in [0.15, 0.2) is 36.4 Å². The van der Waals surface area contributed by atoms with E-state index in [1.165, 1.54) is 12.1 Å². The number of hydrogen-bond donors (Lipinski definition) is 1. The fourth-order valence-corrected chi connectivity index (χ4v) is 3.52. The van der Waals surface area contributed by atoms with Crippen molar-refractivity contribution in [3.05, 3.63) is 59.2 Å². The molecule has 132 valence electrons. The normalized spacial score (nSPS) is 14.4. The van der Waals surface area contributed by atoms with Crippen molar-refractivity contribution in [3.8, 4) is 0 Å². The van der Waals surface area contributed by atoms with Gasteiger partial charge < -0.3 is 15.4 Å². The Labute approximate surface area is 149 Å². The Balaban J connectivity index is 1.73. The zero-order valence-corrected chi connectivity index (χ0v) is 14.3. The number of esters is 1. The van der Waals surface area contributed by atoms with Gasteiger partial charge in [-0.1, -0.05) is 12.1 Å². The highest BCUT2D eigenvalue weighted by Crippen LogP contribution is 2.25. The highest BCUT2D eigenvalue weighted by molar-refractivity contribution is 7.99. The number of halogens is 2. The number of anilines is 2. The van der Waals surface area contributed by atoms with Crippen LogP contribution in [0.2, 0.25) is 0 Å². The average Bonchev–Trinajstić information content (AvgIpc) is 2.64. The highest BCUT2D eigenvalue weighted by atomic mass is 32.2. The maximum absolute atomic E-state index is 13.6. The zero-order valence-electron chi connectivity index (χ0n) is 13.5. The Kier molecular flexibility index (Phi) is 5.43. The molecule has 0 aromatic heterocycles.